The normalized spacial score (nSPS) is 12.7. The van der Waals surface area contributed by atoms with E-state index < -0.39 is 24.5 Å². The molecule has 10 heteroatoms. The second-order valence-electron chi connectivity index (χ2n) is 5.41. The van der Waals surface area contributed by atoms with Crippen molar-refractivity contribution in [3.05, 3.63) is 39.8 Å². The van der Waals surface area contributed by atoms with Crippen LogP contribution in [0.5, 0.6) is 0 Å². The summed E-state index contributed by atoms with van der Waals surface area (Å²) in [6.45, 7) is 2.17. The highest BCUT2D eigenvalue weighted by Crippen LogP contribution is 2.24. The van der Waals surface area contributed by atoms with E-state index in [1.807, 2.05) is 37.4 Å². The number of amides is 2. The Balaban J connectivity index is 2.05. The Morgan fingerprint density at radius 3 is 2.48 bits per heavy atom. The van der Waals surface area contributed by atoms with Gasteiger partial charge in [0.1, 0.15) is 12.6 Å². The first-order valence-corrected chi connectivity index (χ1v) is 8.24. The van der Waals surface area contributed by atoms with Crippen LogP contribution in [0.4, 0.5) is 13.2 Å². The van der Waals surface area contributed by atoms with Crippen molar-refractivity contribution >= 4 is 23.2 Å². The van der Waals surface area contributed by atoms with Gasteiger partial charge in [-0.05, 0) is 31.4 Å². The van der Waals surface area contributed by atoms with Gasteiger partial charge in [-0.15, -0.1) is 11.3 Å². The molecule has 6 nitrogen and oxygen atoms in total. The van der Waals surface area contributed by atoms with Gasteiger partial charge in [0.2, 0.25) is 0 Å². The second kappa shape index (κ2) is 7.68. The maximum absolute atomic E-state index is 12.1. The van der Waals surface area contributed by atoms with Gasteiger partial charge in [0.05, 0.1) is 5.69 Å². The number of carbonyl (C=O) groups excluding carboxylic acids is 2. The third kappa shape index (κ3) is 5.31. The van der Waals surface area contributed by atoms with E-state index in [0.29, 0.717) is 0 Å². The Labute approximate surface area is 146 Å². The van der Waals surface area contributed by atoms with Crippen LogP contribution >= 0.6 is 11.3 Å². The number of aromatic nitrogens is 2. The monoisotopic (exact) mass is 374 g/mol. The summed E-state index contributed by atoms with van der Waals surface area (Å²) in [7, 11) is 0. The maximum Gasteiger partial charge on any atom is 0.405 e. The first kappa shape index (κ1) is 19.0. The van der Waals surface area contributed by atoms with Crippen LogP contribution in [0, 0.1) is 13.8 Å². The van der Waals surface area contributed by atoms with Gasteiger partial charge in [0.15, 0.2) is 0 Å². The Hall–Kier alpha value is -2.36. The second-order valence-corrected chi connectivity index (χ2v) is 6.39. The van der Waals surface area contributed by atoms with E-state index in [4.69, 9.17) is 0 Å². The van der Waals surface area contributed by atoms with Crippen molar-refractivity contribution in [2.45, 2.75) is 26.1 Å². The number of carbonyl (C=O) groups is 2. The summed E-state index contributed by atoms with van der Waals surface area (Å²) in [5.74, 6) is -2.44. The average Bonchev–Trinajstić information content (AvgIpc) is 3.14. The standard InChI is InChI=1S/C15H17F3N4O2S/c1-9-6-10(2)22(21-9)11(12-4-3-5-25-12)7-19-13(23)14(24)20-8-15(16,17)18/h3-6,11H,7-8H2,1-2H3,(H,19,23)(H,20,24). The Kier molecular flexibility index (Phi) is 5.83. The number of halogens is 3. The molecule has 136 valence electrons. The van der Waals surface area contributed by atoms with Crippen LogP contribution in [0.25, 0.3) is 0 Å². The molecule has 0 spiro atoms. The molecule has 0 saturated heterocycles. The average molecular weight is 374 g/mol. The van der Waals surface area contributed by atoms with Crippen molar-refractivity contribution < 1.29 is 22.8 Å². The number of nitrogens with one attached hydrogen (secondary N) is 2. The van der Waals surface area contributed by atoms with Crippen LogP contribution in [0.1, 0.15) is 22.3 Å². The summed E-state index contributed by atoms with van der Waals surface area (Å²) in [6.07, 6.45) is -4.57. The largest absolute Gasteiger partial charge is 0.405 e. The highest BCUT2D eigenvalue weighted by atomic mass is 32.1. The third-order valence-corrected chi connectivity index (χ3v) is 4.30. The molecule has 2 amide bonds. The number of hydrogen-bond donors (Lipinski definition) is 2. The van der Waals surface area contributed by atoms with Crippen molar-refractivity contribution in [3.63, 3.8) is 0 Å². The van der Waals surface area contributed by atoms with E-state index in [0.717, 1.165) is 16.3 Å². The number of nitrogens with zero attached hydrogens (tertiary/aromatic N) is 2. The molecule has 0 aliphatic rings. The zero-order valence-corrected chi connectivity index (χ0v) is 14.4. The van der Waals surface area contributed by atoms with Crippen molar-refractivity contribution in [2.24, 2.45) is 0 Å². The molecular weight excluding hydrogens is 357 g/mol. The van der Waals surface area contributed by atoms with Gasteiger partial charge in [-0.3, -0.25) is 14.3 Å². The molecule has 0 fully saturated rings. The molecule has 2 heterocycles. The minimum atomic E-state index is -4.57. The van der Waals surface area contributed by atoms with Crippen LogP contribution in [-0.2, 0) is 9.59 Å². The lowest BCUT2D eigenvalue weighted by Crippen LogP contribution is -2.45. The molecule has 2 N–H and O–H groups in total. The highest BCUT2D eigenvalue weighted by Gasteiger charge is 2.29. The molecule has 2 aromatic rings. The van der Waals surface area contributed by atoms with Crippen molar-refractivity contribution in [2.75, 3.05) is 13.1 Å². The molecule has 1 unspecified atom stereocenters. The number of hydrogen-bond acceptors (Lipinski definition) is 4. The van der Waals surface area contributed by atoms with Crippen molar-refractivity contribution in [3.8, 4) is 0 Å². The first-order chi connectivity index (χ1) is 11.7. The lowest BCUT2D eigenvalue weighted by Gasteiger charge is -2.19. The fraction of sp³-hybridized carbons (Fsp3) is 0.400. The molecule has 0 aromatic carbocycles. The fourth-order valence-corrected chi connectivity index (χ4v) is 3.09. The van der Waals surface area contributed by atoms with E-state index in [-0.39, 0.29) is 12.6 Å². The van der Waals surface area contributed by atoms with E-state index >= 15 is 0 Å². The molecule has 25 heavy (non-hydrogen) atoms. The topological polar surface area (TPSA) is 76.0 Å². The number of rotatable bonds is 5. The molecular formula is C15H17F3N4O2S. The van der Waals surface area contributed by atoms with Crippen LogP contribution < -0.4 is 10.6 Å². The highest BCUT2D eigenvalue weighted by molar-refractivity contribution is 7.10. The minimum Gasteiger partial charge on any atom is -0.345 e. The summed E-state index contributed by atoms with van der Waals surface area (Å²) in [4.78, 5) is 24.1. The van der Waals surface area contributed by atoms with Gasteiger partial charge in [0, 0.05) is 17.1 Å². The molecule has 2 aromatic heterocycles. The summed E-state index contributed by atoms with van der Waals surface area (Å²) in [5, 5.41) is 10.2. The Morgan fingerprint density at radius 1 is 1.28 bits per heavy atom. The summed E-state index contributed by atoms with van der Waals surface area (Å²) in [6, 6.07) is 5.23. The van der Waals surface area contributed by atoms with Crippen LogP contribution in [0.2, 0.25) is 0 Å². The SMILES string of the molecule is Cc1cc(C)n(C(CNC(=O)C(=O)NCC(F)(F)F)c2cccs2)n1. The maximum atomic E-state index is 12.1. The molecule has 0 bridgehead atoms. The summed E-state index contributed by atoms with van der Waals surface area (Å²) < 4.78 is 38.0. The van der Waals surface area contributed by atoms with E-state index in [1.54, 1.807) is 10.00 Å². The number of alkyl halides is 3. The molecule has 2 rings (SSSR count). The van der Waals surface area contributed by atoms with Gasteiger partial charge in [0.25, 0.3) is 0 Å². The van der Waals surface area contributed by atoms with Crippen LogP contribution in [-0.4, -0.2) is 40.9 Å². The van der Waals surface area contributed by atoms with Crippen LogP contribution in [0.15, 0.2) is 23.6 Å². The lowest BCUT2D eigenvalue weighted by molar-refractivity contribution is -0.146. The fourth-order valence-electron chi connectivity index (χ4n) is 2.28. The van der Waals surface area contributed by atoms with E-state index in [1.165, 1.54) is 11.3 Å². The Bertz CT molecular complexity index is 741. The van der Waals surface area contributed by atoms with Crippen molar-refractivity contribution in [1.29, 1.82) is 0 Å². The van der Waals surface area contributed by atoms with Gasteiger partial charge in [-0.2, -0.15) is 18.3 Å². The van der Waals surface area contributed by atoms with Gasteiger partial charge < -0.3 is 10.6 Å². The van der Waals surface area contributed by atoms with E-state index in [9.17, 15) is 22.8 Å². The first-order valence-electron chi connectivity index (χ1n) is 7.36. The predicted molar refractivity (Wildman–Crippen MR) is 86.2 cm³/mol. The smallest absolute Gasteiger partial charge is 0.345 e. The van der Waals surface area contributed by atoms with Crippen LogP contribution in [0.3, 0.4) is 0 Å². The number of thiophene rings is 1. The quantitative estimate of drug-likeness (QED) is 0.786. The third-order valence-electron chi connectivity index (χ3n) is 3.32. The minimum absolute atomic E-state index is 0.0285. The zero-order valence-electron chi connectivity index (χ0n) is 13.6. The van der Waals surface area contributed by atoms with E-state index in [2.05, 4.69) is 10.4 Å². The lowest BCUT2D eigenvalue weighted by atomic mass is 10.2. The number of aryl methyl sites for hydroxylation is 2. The molecule has 0 aliphatic heterocycles. The summed E-state index contributed by atoms with van der Waals surface area (Å²) >= 11 is 1.46. The molecule has 0 saturated carbocycles. The zero-order chi connectivity index (χ0) is 18.6. The summed E-state index contributed by atoms with van der Waals surface area (Å²) in [5.41, 5.74) is 1.67. The van der Waals surface area contributed by atoms with Gasteiger partial charge in [-0.25, -0.2) is 0 Å². The molecule has 0 radical (unpaired) electrons. The van der Waals surface area contributed by atoms with Crippen molar-refractivity contribution in [1.82, 2.24) is 20.4 Å². The Morgan fingerprint density at radius 2 is 1.96 bits per heavy atom. The van der Waals surface area contributed by atoms with Gasteiger partial charge >= 0.3 is 18.0 Å². The molecule has 1 atom stereocenters. The van der Waals surface area contributed by atoms with Gasteiger partial charge in [-0.1, -0.05) is 6.07 Å². The predicted octanol–water partition coefficient (Wildman–Crippen LogP) is 1.95. The molecule has 0 aliphatic carbocycles.